The van der Waals surface area contributed by atoms with Gasteiger partial charge in [0, 0.05) is 31.2 Å². The standard InChI is InChI=1S/C18H35N3O2/c1-14-12-15(9-11-20(14)5)19-16-8-6-7-10-21(13-16)17(22)23-18(2,3)4/h14-16,19H,6-13H2,1-5H3. The average Bonchev–Trinajstić information content (AvgIpc) is 2.67. The Hall–Kier alpha value is -0.810. The molecule has 5 nitrogen and oxygen atoms in total. The van der Waals surface area contributed by atoms with Crippen LogP contribution in [0.1, 0.15) is 59.8 Å². The van der Waals surface area contributed by atoms with Gasteiger partial charge in [-0.2, -0.15) is 0 Å². The van der Waals surface area contributed by atoms with E-state index in [0.717, 1.165) is 32.5 Å². The molecule has 23 heavy (non-hydrogen) atoms. The zero-order valence-electron chi connectivity index (χ0n) is 15.6. The van der Waals surface area contributed by atoms with Crippen LogP contribution in [-0.4, -0.2) is 66.3 Å². The number of amides is 1. The van der Waals surface area contributed by atoms with Crippen LogP contribution < -0.4 is 5.32 Å². The molecule has 0 bridgehead atoms. The van der Waals surface area contributed by atoms with Crippen molar-refractivity contribution in [3.63, 3.8) is 0 Å². The van der Waals surface area contributed by atoms with Gasteiger partial charge in [-0.3, -0.25) is 0 Å². The second-order valence-corrected chi connectivity index (χ2v) is 8.34. The molecule has 2 heterocycles. The summed E-state index contributed by atoms with van der Waals surface area (Å²) in [6.45, 7) is 10.8. The van der Waals surface area contributed by atoms with Gasteiger partial charge in [-0.1, -0.05) is 6.42 Å². The minimum absolute atomic E-state index is 0.164. The molecule has 0 aromatic heterocycles. The minimum Gasteiger partial charge on any atom is -0.444 e. The summed E-state index contributed by atoms with van der Waals surface area (Å²) in [4.78, 5) is 16.7. The van der Waals surface area contributed by atoms with Crippen LogP contribution in [0.5, 0.6) is 0 Å². The Morgan fingerprint density at radius 1 is 1.13 bits per heavy atom. The summed E-state index contributed by atoms with van der Waals surface area (Å²) in [6, 6.07) is 1.60. The number of nitrogens with one attached hydrogen (secondary N) is 1. The van der Waals surface area contributed by atoms with Gasteiger partial charge in [0.25, 0.3) is 0 Å². The number of nitrogens with zero attached hydrogens (tertiary/aromatic N) is 2. The molecule has 2 rings (SSSR count). The lowest BCUT2D eigenvalue weighted by molar-refractivity contribution is 0.0238. The van der Waals surface area contributed by atoms with Gasteiger partial charge >= 0.3 is 6.09 Å². The molecule has 1 amide bonds. The van der Waals surface area contributed by atoms with E-state index in [2.05, 4.69) is 24.2 Å². The molecule has 0 aliphatic carbocycles. The van der Waals surface area contributed by atoms with Gasteiger partial charge in [0.05, 0.1) is 0 Å². The van der Waals surface area contributed by atoms with Crippen molar-refractivity contribution in [3.8, 4) is 0 Å². The fourth-order valence-electron chi connectivity index (χ4n) is 3.54. The van der Waals surface area contributed by atoms with E-state index in [1.165, 1.54) is 19.3 Å². The maximum absolute atomic E-state index is 12.4. The molecule has 5 heteroatoms. The molecule has 0 spiro atoms. The van der Waals surface area contributed by atoms with E-state index < -0.39 is 5.60 Å². The largest absolute Gasteiger partial charge is 0.444 e. The molecule has 0 radical (unpaired) electrons. The number of carbonyl (C=O) groups is 1. The third-order valence-electron chi connectivity index (χ3n) is 5.00. The van der Waals surface area contributed by atoms with Crippen LogP contribution in [0.2, 0.25) is 0 Å². The molecule has 2 fully saturated rings. The van der Waals surface area contributed by atoms with Gasteiger partial charge in [0.15, 0.2) is 0 Å². The molecule has 0 saturated carbocycles. The van der Waals surface area contributed by atoms with Crippen LogP contribution >= 0.6 is 0 Å². The molecular weight excluding hydrogens is 290 g/mol. The summed E-state index contributed by atoms with van der Waals surface area (Å²) in [5, 5.41) is 3.82. The van der Waals surface area contributed by atoms with Crippen LogP contribution in [0.4, 0.5) is 4.79 Å². The van der Waals surface area contributed by atoms with Crippen molar-refractivity contribution in [2.45, 2.75) is 83.5 Å². The number of ether oxygens (including phenoxy) is 1. The van der Waals surface area contributed by atoms with E-state index in [4.69, 9.17) is 4.74 Å². The summed E-state index contributed by atoms with van der Waals surface area (Å²) < 4.78 is 5.55. The highest BCUT2D eigenvalue weighted by atomic mass is 16.6. The number of rotatable bonds is 2. The summed E-state index contributed by atoms with van der Waals surface area (Å²) in [6.07, 6.45) is 5.63. The van der Waals surface area contributed by atoms with Crippen molar-refractivity contribution in [3.05, 3.63) is 0 Å². The van der Waals surface area contributed by atoms with Crippen molar-refractivity contribution < 1.29 is 9.53 Å². The Morgan fingerprint density at radius 2 is 1.87 bits per heavy atom. The van der Waals surface area contributed by atoms with Crippen LogP contribution in [0.25, 0.3) is 0 Å². The van der Waals surface area contributed by atoms with Crippen molar-refractivity contribution in [2.24, 2.45) is 0 Å². The van der Waals surface area contributed by atoms with Gasteiger partial charge < -0.3 is 19.9 Å². The third kappa shape index (κ3) is 5.96. The predicted octanol–water partition coefficient (Wildman–Crippen LogP) is 2.85. The third-order valence-corrected chi connectivity index (χ3v) is 5.00. The highest BCUT2D eigenvalue weighted by molar-refractivity contribution is 5.68. The maximum Gasteiger partial charge on any atom is 0.410 e. The van der Waals surface area contributed by atoms with Gasteiger partial charge in [-0.05, 0) is 67.0 Å². The van der Waals surface area contributed by atoms with E-state index in [9.17, 15) is 4.79 Å². The fourth-order valence-corrected chi connectivity index (χ4v) is 3.54. The van der Waals surface area contributed by atoms with Gasteiger partial charge in [-0.25, -0.2) is 4.79 Å². The fraction of sp³-hybridized carbons (Fsp3) is 0.944. The maximum atomic E-state index is 12.4. The van der Waals surface area contributed by atoms with E-state index in [-0.39, 0.29) is 6.09 Å². The molecular formula is C18H35N3O2. The van der Waals surface area contributed by atoms with Crippen LogP contribution in [0, 0.1) is 0 Å². The lowest BCUT2D eigenvalue weighted by atomic mass is 9.97. The average molecular weight is 325 g/mol. The Bertz CT molecular complexity index is 394. The van der Waals surface area contributed by atoms with Crippen LogP contribution in [0.3, 0.4) is 0 Å². The number of likely N-dealkylation sites (tertiary alicyclic amines) is 2. The highest BCUT2D eigenvalue weighted by Gasteiger charge is 2.29. The first kappa shape index (κ1) is 18.5. The quantitative estimate of drug-likeness (QED) is 0.848. The zero-order valence-corrected chi connectivity index (χ0v) is 15.6. The molecule has 3 unspecified atom stereocenters. The lowest BCUT2D eigenvalue weighted by Gasteiger charge is -2.37. The summed E-state index contributed by atoms with van der Waals surface area (Å²) >= 11 is 0. The zero-order chi connectivity index (χ0) is 17.0. The predicted molar refractivity (Wildman–Crippen MR) is 93.7 cm³/mol. The number of carbonyl (C=O) groups excluding carboxylic acids is 1. The first-order valence-electron chi connectivity index (χ1n) is 9.19. The van der Waals surface area contributed by atoms with Gasteiger partial charge in [0.1, 0.15) is 5.60 Å². The van der Waals surface area contributed by atoms with Crippen molar-refractivity contribution in [1.82, 2.24) is 15.1 Å². The van der Waals surface area contributed by atoms with E-state index in [1.54, 1.807) is 0 Å². The summed E-state index contributed by atoms with van der Waals surface area (Å²) in [5.41, 5.74) is -0.421. The molecule has 3 atom stereocenters. The minimum atomic E-state index is -0.421. The highest BCUT2D eigenvalue weighted by Crippen LogP contribution is 2.19. The van der Waals surface area contributed by atoms with Crippen LogP contribution in [-0.2, 0) is 4.74 Å². The normalized spacial score (nSPS) is 30.8. The SMILES string of the molecule is CC1CC(NC2CCCCN(C(=O)OC(C)(C)C)C2)CCN1C. The second-order valence-electron chi connectivity index (χ2n) is 8.34. The number of hydrogen-bond donors (Lipinski definition) is 1. The summed E-state index contributed by atoms with van der Waals surface area (Å²) in [7, 11) is 2.21. The smallest absolute Gasteiger partial charge is 0.410 e. The van der Waals surface area contributed by atoms with Gasteiger partial charge in [-0.15, -0.1) is 0 Å². The first-order chi connectivity index (χ1) is 10.7. The second kappa shape index (κ2) is 7.84. The molecule has 1 N–H and O–H groups in total. The van der Waals surface area contributed by atoms with Crippen LogP contribution in [0.15, 0.2) is 0 Å². The molecule has 2 aliphatic rings. The van der Waals surface area contributed by atoms with Crippen molar-refractivity contribution >= 4 is 6.09 Å². The first-order valence-corrected chi connectivity index (χ1v) is 9.19. The molecule has 0 aromatic rings. The Balaban J connectivity index is 1.88. The van der Waals surface area contributed by atoms with Crippen molar-refractivity contribution in [2.75, 3.05) is 26.7 Å². The monoisotopic (exact) mass is 325 g/mol. The lowest BCUT2D eigenvalue weighted by Crippen LogP contribution is -2.51. The Kier molecular flexibility index (Phi) is 6.32. The Labute approximate surface area is 141 Å². The van der Waals surface area contributed by atoms with Gasteiger partial charge in [0.2, 0.25) is 0 Å². The van der Waals surface area contributed by atoms with E-state index >= 15 is 0 Å². The Morgan fingerprint density at radius 3 is 2.52 bits per heavy atom. The molecule has 2 saturated heterocycles. The number of piperidine rings is 1. The molecule has 0 aromatic carbocycles. The van der Waals surface area contributed by atoms with Crippen molar-refractivity contribution in [1.29, 1.82) is 0 Å². The number of hydrogen-bond acceptors (Lipinski definition) is 4. The van der Waals surface area contributed by atoms with E-state index in [0.29, 0.717) is 18.1 Å². The summed E-state index contributed by atoms with van der Waals surface area (Å²) in [5.74, 6) is 0. The molecule has 134 valence electrons. The molecule has 2 aliphatic heterocycles. The topological polar surface area (TPSA) is 44.8 Å². The van der Waals surface area contributed by atoms with E-state index in [1.807, 2.05) is 25.7 Å².